The Balaban J connectivity index is 1.02. The second-order valence-corrected chi connectivity index (χ2v) is 13.9. The number of amides is 2. The standard InChI is InChI=1S/C37H57N13O2/c38-36-23-39-12-15-42-26-37(27-43-16-13-40-24-36,28-44-17-14-41-25-36)48-22-31-6-4-29(5-7-31)20-46-33(51)2-1-3-34(52)47-21-30-8-10-32(11-9-30)35-45-18-19-49-50-35/h4-11,18-19,39-44,48H,1-3,12-17,20-28,38H2,(H,46,51)(H,47,52). The first-order chi connectivity index (χ1) is 25.4. The van der Waals surface area contributed by atoms with E-state index in [-0.39, 0.29) is 22.9 Å². The Labute approximate surface area is 307 Å². The van der Waals surface area contributed by atoms with Crippen molar-refractivity contribution < 1.29 is 9.59 Å². The van der Waals surface area contributed by atoms with E-state index in [1.54, 1.807) is 6.20 Å². The predicted octanol–water partition coefficient (Wildman–Crippen LogP) is -1.27. The molecule has 0 aliphatic carbocycles. The van der Waals surface area contributed by atoms with Crippen LogP contribution in [0.2, 0.25) is 0 Å². The van der Waals surface area contributed by atoms with Crippen LogP contribution in [0.15, 0.2) is 60.9 Å². The lowest BCUT2D eigenvalue weighted by Gasteiger charge is -2.37. The molecular formula is C37H57N13O2. The summed E-state index contributed by atoms with van der Waals surface area (Å²) in [5.74, 6) is 0.409. The molecule has 3 aromatic rings. The number of aromatic nitrogens is 3. The number of carbonyl (C=O) groups is 2. The maximum atomic E-state index is 12.5. The maximum absolute atomic E-state index is 12.5. The Hall–Kier alpha value is -3.93. The Kier molecular flexibility index (Phi) is 15.8. The van der Waals surface area contributed by atoms with Crippen LogP contribution in [0.25, 0.3) is 11.4 Å². The molecule has 15 heteroatoms. The summed E-state index contributed by atoms with van der Waals surface area (Å²) in [6.45, 7) is 11.4. The third-order valence-electron chi connectivity index (χ3n) is 9.43. The van der Waals surface area contributed by atoms with Gasteiger partial charge in [0.2, 0.25) is 11.8 Å². The van der Waals surface area contributed by atoms with Gasteiger partial charge in [-0.2, -0.15) is 5.10 Å². The lowest BCUT2D eigenvalue weighted by Crippen LogP contribution is -2.66. The fourth-order valence-electron chi connectivity index (χ4n) is 6.29. The van der Waals surface area contributed by atoms with Gasteiger partial charge in [0, 0.05) is 123 Å². The monoisotopic (exact) mass is 715 g/mol. The number of hydrogen-bond acceptors (Lipinski definition) is 13. The van der Waals surface area contributed by atoms with E-state index in [1.165, 1.54) is 11.8 Å². The summed E-state index contributed by atoms with van der Waals surface area (Å²) in [5, 5.41) is 39.3. The number of rotatable bonds is 12. The molecule has 3 aliphatic rings. The minimum atomic E-state index is -0.338. The first-order valence-corrected chi connectivity index (χ1v) is 18.5. The van der Waals surface area contributed by atoms with Crippen LogP contribution in [0.1, 0.15) is 36.0 Å². The lowest BCUT2D eigenvalue weighted by atomic mass is 9.97. The van der Waals surface area contributed by atoms with Crippen molar-refractivity contribution in [2.24, 2.45) is 5.73 Å². The SMILES string of the molecule is NC12CNCCNCC(NCc3ccc(CNC(=O)CCCC(=O)NCc4ccc(-c5nccnn5)cc4)cc3)(CNCCNC1)CNCCNC2. The molecule has 2 bridgehead atoms. The van der Waals surface area contributed by atoms with Crippen molar-refractivity contribution in [2.45, 2.75) is 50.0 Å². The maximum Gasteiger partial charge on any atom is 0.220 e. The van der Waals surface area contributed by atoms with E-state index in [2.05, 4.69) is 87.3 Å². The molecule has 52 heavy (non-hydrogen) atoms. The molecule has 6 rings (SSSR count). The second-order valence-electron chi connectivity index (χ2n) is 13.9. The van der Waals surface area contributed by atoms with E-state index in [0.29, 0.717) is 38.2 Å². The normalized spacial score (nSPS) is 22.2. The van der Waals surface area contributed by atoms with Crippen molar-refractivity contribution in [2.75, 3.05) is 78.5 Å². The molecule has 2 amide bonds. The highest BCUT2D eigenvalue weighted by molar-refractivity contribution is 5.78. The highest BCUT2D eigenvalue weighted by atomic mass is 16.2. The minimum Gasteiger partial charge on any atom is -0.352 e. The van der Waals surface area contributed by atoms with Gasteiger partial charge in [0.15, 0.2) is 5.82 Å². The van der Waals surface area contributed by atoms with E-state index in [9.17, 15) is 9.59 Å². The number of nitrogens with one attached hydrogen (secondary N) is 9. The predicted molar refractivity (Wildman–Crippen MR) is 203 cm³/mol. The largest absolute Gasteiger partial charge is 0.352 e. The molecule has 3 saturated heterocycles. The average Bonchev–Trinajstić information content (AvgIpc) is 3.17. The summed E-state index contributed by atoms with van der Waals surface area (Å²) in [5.41, 5.74) is 10.2. The van der Waals surface area contributed by atoms with Crippen LogP contribution in [-0.4, -0.2) is 117 Å². The molecule has 11 N–H and O–H groups in total. The smallest absolute Gasteiger partial charge is 0.220 e. The number of fused-ring (bicyclic) bond motifs is 15. The van der Waals surface area contributed by atoms with Crippen LogP contribution in [0.4, 0.5) is 0 Å². The Morgan fingerprint density at radius 1 is 0.615 bits per heavy atom. The molecular weight excluding hydrogens is 658 g/mol. The van der Waals surface area contributed by atoms with Gasteiger partial charge in [0.05, 0.1) is 17.3 Å². The summed E-state index contributed by atoms with van der Waals surface area (Å²) < 4.78 is 0. The van der Waals surface area contributed by atoms with Gasteiger partial charge in [-0.15, -0.1) is 5.10 Å². The third-order valence-corrected chi connectivity index (χ3v) is 9.43. The van der Waals surface area contributed by atoms with Crippen molar-refractivity contribution in [3.05, 3.63) is 77.6 Å². The van der Waals surface area contributed by atoms with Gasteiger partial charge in [-0.25, -0.2) is 4.98 Å². The molecule has 4 heterocycles. The Bertz CT molecular complexity index is 1450. The lowest BCUT2D eigenvalue weighted by molar-refractivity contribution is -0.122. The van der Waals surface area contributed by atoms with Gasteiger partial charge >= 0.3 is 0 Å². The Morgan fingerprint density at radius 3 is 1.52 bits per heavy atom. The average molecular weight is 716 g/mol. The summed E-state index contributed by atoms with van der Waals surface area (Å²) in [6, 6.07) is 16.0. The van der Waals surface area contributed by atoms with Crippen LogP contribution in [0.5, 0.6) is 0 Å². The molecule has 15 nitrogen and oxygen atoms in total. The van der Waals surface area contributed by atoms with E-state index in [4.69, 9.17) is 5.73 Å². The number of carbonyl (C=O) groups excluding carboxylic acids is 2. The number of benzene rings is 2. The van der Waals surface area contributed by atoms with Crippen molar-refractivity contribution in [3.63, 3.8) is 0 Å². The van der Waals surface area contributed by atoms with Crippen molar-refractivity contribution in [1.29, 1.82) is 0 Å². The van der Waals surface area contributed by atoms with Crippen LogP contribution >= 0.6 is 0 Å². The zero-order valence-electron chi connectivity index (χ0n) is 30.2. The fraction of sp³-hybridized carbons (Fsp3) is 0.541. The van der Waals surface area contributed by atoms with Crippen molar-refractivity contribution in [3.8, 4) is 11.4 Å². The first kappa shape index (κ1) is 39.3. The van der Waals surface area contributed by atoms with Crippen molar-refractivity contribution in [1.82, 2.24) is 63.0 Å². The highest BCUT2D eigenvalue weighted by Gasteiger charge is 2.30. The molecule has 3 fully saturated rings. The van der Waals surface area contributed by atoms with Gasteiger partial charge in [-0.05, 0) is 23.1 Å². The number of nitrogens with two attached hydrogens (primary N) is 1. The van der Waals surface area contributed by atoms with E-state index < -0.39 is 0 Å². The topological polar surface area (TPSA) is 207 Å². The van der Waals surface area contributed by atoms with Crippen LogP contribution in [0, 0.1) is 0 Å². The number of hydrogen-bond donors (Lipinski definition) is 10. The van der Waals surface area contributed by atoms with Gasteiger partial charge in [-0.1, -0.05) is 48.5 Å². The molecule has 0 saturated carbocycles. The molecule has 0 atom stereocenters. The molecule has 0 radical (unpaired) electrons. The summed E-state index contributed by atoms with van der Waals surface area (Å²) in [6.07, 6.45) is 4.20. The minimum absolute atomic E-state index is 0.0658. The molecule has 3 aliphatic heterocycles. The molecule has 0 unspecified atom stereocenters. The van der Waals surface area contributed by atoms with Crippen LogP contribution in [0.3, 0.4) is 0 Å². The highest BCUT2D eigenvalue weighted by Crippen LogP contribution is 2.14. The Morgan fingerprint density at radius 2 is 1.06 bits per heavy atom. The molecule has 282 valence electrons. The summed E-state index contributed by atoms with van der Waals surface area (Å²) >= 11 is 0. The summed E-state index contributed by atoms with van der Waals surface area (Å²) in [4.78, 5) is 29.1. The molecule has 0 spiro atoms. The zero-order chi connectivity index (χ0) is 36.3. The van der Waals surface area contributed by atoms with Crippen molar-refractivity contribution >= 4 is 11.8 Å². The van der Waals surface area contributed by atoms with Gasteiger partial charge < -0.3 is 53.6 Å². The van der Waals surface area contributed by atoms with E-state index in [1.807, 2.05) is 24.3 Å². The first-order valence-electron chi connectivity index (χ1n) is 18.5. The van der Waals surface area contributed by atoms with E-state index in [0.717, 1.165) is 102 Å². The van der Waals surface area contributed by atoms with Crippen LogP contribution in [-0.2, 0) is 29.2 Å². The molecule has 2 aromatic carbocycles. The van der Waals surface area contributed by atoms with Gasteiger partial charge in [0.25, 0.3) is 0 Å². The fourth-order valence-corrected chi connectivity index (χ4v) is 6.29. The van der Waals surface area contributed by atoms with Crippen LogP contribution < -0.4 is 53.6 Å². The number of nitrogens with zero attached hydrogens (tertiary/aromatic N) is 3. The molecule has 1 aromatic heterocycles. The van der Waals surface area contributed by atoms with E-state index >= 15 is 0 Å². The quantitative estimate of drug-likeness (QED) is 0.106. The third kappa shape index (κ3) is 13.6. The zero-order valence-corrected chi connectivity index (χ0v) is 30.2. The second kappa shape index (κ2) is 20.9. The summed E-state index contributed by atoms with van der Waals surface area (Å²) in [7, 11) is 0. The van der Waals surface area contributed by atoms with Gasteiger partial charge in [-0.3, -0.25) is 9.59 Å². The van der Waals surface area contributed by atoms with Gasteiger partial charge in [0.1, 0.15) is 0 Å².